The first-order valence-corrected chi connectivity index (χ1v) is 5.88. The zero-order chi connectivity index (χ0) is 16.4. The fourth-order valence-corrected chi connectivity index (χ4v) is 1.89. The van der Waals surface area contributed by atoms with Crippen LogP contribution in [0.4, 0.5) is 5.69 Å². The highest BCUT2D eigenvalue weighted by Crippen LogP contribution is 2.32. The van der Waals surface area contributed by atoms with E-state index in [-0.39, 0.29) is 16.6 Å². The Balaban J connectivity index is 2.85. The van der Waals surface area contributed by atoms with E-state index in [1.807, 2.05) is 0 Å². The highest BCUT2D eigenvalue weighted by atomic mass is 16.6. The average molecular weight is 306 g/mol. The quantitative estimate of drug-likeness (QED) is 0.512. The summed E-state index contributed by atoms with van der Waals surface area (Å²) < 4.78 is 9.01. The molecule has 9 nitrogen and oxygen atoms in total. The molecule has 1 aromatic carbocycles. The van der Waals surface area contributed by atoms with Gasteiger partial charge in [-0.1, -0.05) is 0 Å². The molecule has 0 aliphatic heterocycles. The second-order valence-electron chi connectivity index (χ2n) is 4.13. The molecule has 9 heteroatoms. The van der Waals surface area contributed by atoms with Crippen molar-refractivity contribution in [3.63, 3.8) is 0 Å². The molecule has 0 saturated carbocycles. The number of nitro groups is 1. The molecule has 22 heavy (non-hydrogen) atoms. The maximum absolute atomic E-state index is 11.8. The van der Waals surface area contributed by atoms with Crippen molar-refractivity contribution >= 4 is 28.5 Å². The van der Waals surface area contributed by atoms with Gasteiger partial charge >= 0.3 is 11.9 Å². The Morgan fingerprint density at radius 1 is 1.23 bits per heavy atom. The average Bonchev–Trinajstić information content (AvgIpc) is 2.52. The second kappa shape index (κ2) is 5.64. The zero-order valence-corrected chi connectivity index (χ0v) is 11.5. The number of carbonyl (C=O) groups excluding carboxylic acids is 2. The van der Waals surface area contributed by atoms with Crippen LogP contribution in [0.3, 0.4) is 0 Å². The molecule has 0 bridgehead atoms. The van der Waals surface area contributed by atoms with E-state index in [4.69, 9.17) is 0 Å². The van der Waals surface area contributed by atoms with Gasteiger partial charge < -0.3 is 14.6 Å². The maximum Gasteiger partial charge on any atom is 0.357 e. The minimum Gasteiger partial charge on any atom is -0.506 e. The molecule has 0 atom stereocenters. The van der Waals surface area contributed by atoms with Gasteiger partial charge in [0.25, 0.3) is 5.69 Å². The molecule has 0 saturated heterocycles. The van der Waals surface area contributed by atoms with Gasteiger partial charge in [0.1, 0.15) is 11.3 Å². The summed E-state index contributed by atoms with van der Waals surface area (Å²) in [5, 5.41) is 21.0. The first kappa shape index (κ1) is 15.2. The normalized spacial score (nSPS) is 10.3. The van der Waals surface area contributed by atoms with Crippen molar-refractivity contribution in [2.24, 2.45) is 0 Å². The van der Waals surface area contributed by atoms with E-state index in [0.29, 0.717) is 0 Å². The summed E-state index contributed by atoms with van der Waals surface area (Å²) in [5.41, 5.74) is -1.25. The molecule has 1 aromatic heterocycles. The highest BCUT2D eigenvalue weighted by Gasteiger charge is 2.27. The van der Waals surface area contributed by atoms with Gasteiger partial charge in [-0.3, -0.25) is 10.1 Å². The predicted molar refractivity (Wildman–Crippen MR) is 72.7 cm³/mol. The third kappa shape index (κ3) is 2.39. The third-order valence-electron chi connectivity index (χ3n) is 2.92. The van der Waals surface area contributed by atoms with Crippen LogP contribution >= 0.6 is 0 Å². The van der Waals surface area contributed by atoms with Crippen LogP contribution in [-0.2, 0) is 9.47 Å². The standard InChI is InChI=1S/C13H10N2O7/c1-21-12(17)9-10(13(18)22-2)14-8-5-6(15(19)20)3-4-7(8)11(9)16/h3-5H,1-2H3,(H,14,16). The number of methoxy groups -OCH3 is 2. The van der Waals surface area contributed by atoms with Crippen LogP contribution in [0.25, 0.3) is 10.9 Å². The molecular formula is C13H10N2O7. The van der Waals surface area contributed by atoms with Crippen LogP contribution in [0, 0.1) is 10.1 Å². The number of non-ortho nitro benzene ring substituents is 1. The lowest BCUT2D eigenvalue weighted by molar-refractivity contribution is -0.384. The largest absolute Gasteiger partial charge is 0.506 e. The van der Waals surface area contributed by atoms with Crippen molar-refractivity contribution < 1.29 is 29.1 Å². The molecule has 2 rings (SSSR count). The van der Waals surface area contributed by atoms with Gasteiger partial charge in [0.2, 0.25) is 0 Å². The number of nitro benzene ring substituents is 1. The minimum atomic E-state index is -0.982. The molecule has 114 valence electrons. The van der Waals surface area contributed by atoms with Gasteiger partial charge in [0.05, 0.1) is 24.7 Å². The lowest BCUT2D eigenvalue weighted by Gasteiger charge is -2.10. The number of aromatic nitrogens is 1. The predicted octanol–water partition coefficient (Wildman–Crippen LogP) is 1.42. The van der Waals surface area contributed by atoms with E-state index < -0.39 is 33.9 Å². The molecule has 1 N–H and O–H groups in total. The maximum atomic E-state index is 11.8. The molecule has 0 aliphatic carbocycles. The SMILES string of the molecule is COC(=O)c1nc2cc([N+](=O)[O-])ccc2c(O)c1C(=O)OC. The second-order valence-corrected chi connectivity index (χ2v) is 4.13. The van der Waals surface area contributed by atoms with Gasteiger partial charge in [-0.15, -0.1) is 0 Å². The molecule has 0 aliphatic rings. The van der Waals surface area contributed by atoms with Gasteiger partial charge in [-0.05, 0) is 6.07 Å². The zero-order valence-electron chi connectivity index (χ0n) is 11.5. The van der Waals surface area contributed by atoms with Gasteiger partial charge in [0.15, 0.2) is 5.69 Å². The molecule has 0 unspecified atom stereocenters. The molecule has 1 heterocycles. The van der Waals surface area contributed by atoms with Crippen molar-refractivity contribution in [2.45, 2.75) is 0 Å². The first-order chi connectivity index (χ1) is 10.4. The Kier molecular flexibility index (Phi) is 3.89. The Bertz CT molecular complexity index is 801. The fraction of sp³-hybridized carbons (Fsp3) is 0.154. The highest BCUT2D eigenvalue weighted by molar-refractivity contribution is 6.08. The number of fused-ring (bicyclic) bond motifs is 1. The van der Waals surface area contributed by atoms with E-state index >= 15 is 0 Å². The molecule has 0 fully saturated rings. The number of carbonyl (C=O) groups is 2. The summed E-state index contributed by atoms with van der Waals surface area (Å²) in [6.07, 6.45) is 0. The number of aromatic hydroxyl groups is 1. The van der Waals surface area contributed by atoms with E-state index in [9.17, 15) is 24.8 Å². The summed E-state index contributed by atoms with van der Waals surface area (Å²) >= 11 is 0. The summed E-state index contributed by atoms with van der Waals surface area (Å²) in [7, 11) is 2.14. The first-order valence-electron chi connectivity index (χ1n) is 5.88. The van der Waals surface area contributed by atoms with E-state index in [0.717, 1.165) is 26.4 Å². The Hall–Kier alpha value is -3.23. The molecule has 0 radical (unpaired) electrons. The summed E-state index contributed by atoms with van der Waals surface area (Å²) in [5.74, 6) is -2.53. The lowest BCUT2D eigenvalue weighted by atomic mass is 10.1. The number of rotatable bonds is 3. The summed E-state index contributed by atoms with van der Waals surface area (Å²) in [6, 6.07) is 3.44. The van der Waals surface area contributed by atoms with Crippen molar-refractivity contribution in [2.75, 3.05) is 14.2 Å². The number of nitrogens with zero attached hydrogens (tertiary/aromatic N) is 2. The van der Waals surface area contributed by atoms with Crippen molar-refractivity contribution in [1.82, 2.24) is 4.98 Å². The Morgan fingerprint density at radius 2 is 1.86 bits per heavy atom. The number of pyridine rings is 1. The number of hydrogen-bond donors (Lipinski definition) is 1. The fourth-order valence-electron chi connectivity index (χ4n) is 1.89. The number of benzene rings is 1. The van der Waals surface area contributed by atoms with Gasteiger partial charge in [-0.25, -0.2) is 14.6 Å². The Labute approximate surface area is 123 Å². The van der Waals surface area contributed by atoms with Crippen molar-refractivity contribution in [1.29, 1.82) is 0 Å². The molecule has 2 aromatic rings. The van der Waals surface area contributed by atoms with Crippen LogP contribution in [0.1, 0.15) is 20.8 Å². The van der Waals surface area contributed by atoms with Gasteiger partial charge in [-0.2, -0.15) is 0 Å². The lowest BCUT2D eigenvalue weighted by Crippen LogP contribution is -2.14. The van der Waals surface area contributed by atoms with Crippen LogP contribution in [0.15, 0.2) is 18.2 Å². The summed E-state index contributed by atoms with van der Waals surface area (Å²) in [4.78, 5) is 37.5. The van der Waals surface area contributed by atoms with Crippen molar-refractivity contribution in [3.05, 3.63) is 39.6 Å². The molecule has 0 spiro atoms. The number of esters is 2. The number of ether oxygens (including phenoxy) is 2. The van der Waals surface area contributed by atoms with Crippen LogP contribution < -0.4 is 0 Å². The van der Waals surface area contributed by atoms with E-state index in [1.54, 1.807) is 0 Å². The molecular weight excluding hydrogens is 296 g/mol. The van der Waals surface area contributed by atoms with Crippen LogP contribution in [0.2, 0.25) is 0 Å². The Morgan fingerprint density at radius 3 is 2.41 bits per heavy atom. The van der Waals surface area contributed by atoms with Gasteiger partial charge in [0, 0.05) is 17.5 Å². The van der Waals surface area contributed by atoms with Crippen LogP contribution in [0.5, 0.6) is 5.75 Å². The monoisotopic (exact) mass is 306 g/mol. The smallest absolute Gasteiger partial charge is 0.357 e. The topological polar surface area (TPSA) is 129 Å². The number of hydrogen-bond acceptors (Lipinski definition) is 8. The molecule has 0 amide bonds. The van der Waals surface area contributed by atoms with E-state index in [1.165, 1.54) is 6.07 Å². The minimum absolute atomic E-state index is 0.0280. The van der Waals surface area contributed by atoms with Crippen LogP contribution in [-0.4, -0.2) is 41.2 Å². The summed E-state index contributed by atoms with van der Waals surface area (Å²) in [6.45, 7) is 0. The van der Waals surface area contributed by atoms with Crippen molar-refractivity contribution in [3.8, 4) is 5.75 Å². The third-order valence-corrected chi connectivity index (χ3v) is 2.92. The van der Waals surface area contributed by atoms with E-state index in [2.05, 4.69) is 14.5 Å².